The summed E-state index contributed by atoms with van der Waals surface area (Å²) in [5, 5.41) is 2.93. The molecule has 1 amide bonds. The van der Waals surface area contributed by atoms with Gasteiger partial charge in [-0.15, -0.1) is 0 Å². The van der Waals surface area contributed by atoms with Crippen molar-refractivity contribution >= 4 is 15.9 Å². The van der Waals surface area contributed by atoms with Crippen molar-refractivity contribution in [3.63, 3.8) is 0 Å². The maximum Gasteiger partial charge on any atom is 0.243 e. The van der Waals surface area contributed by atoms with Gasteiger partial charge in [0.2, 0.25) is 15.9 Å². The van der Waals surface area contributed by atoms with Crippen LogP contribution in [0.2, 0.25) is 0 Å². The minimum atomic E-state index is -3.52. The molecule has 6 nitrogen and oxygen atoms in total. The molecule has 7 heteroatoms. The number of ether oxygens (including phenoxy) is 1. The molecule has 1 aromatic rings. The lowest BCUT2D eigenvalue weighted by molar-refractivity contribution is -0.126. The third-order valence-corrected chi connectivity index (χ3v) is 6.12. The Bertz CT molecular complexity index is 648. The molecule has 0 aromatic heterocycles. The van der Waals surface area contributed by atoms with E-state index in [1.165, 1.54) is 4.31 Å². The highest BCUT2D eigenvalue weighted by molar-refractivity contribution is 7.89. The van der Waals surface area contributed by atoms with E-state index >= 15 is 0 Å². The van der Waals surface area contributed by atoms with Crippen LogP contribution in [-0.2, 0) is 14.8 Å². The van der Waals surface area contributed by atoms with Crippen molar-refractivity contribution < 1.29 is 17.9 Å². The van der Waals surface area contributed by atoms with Crippen molar-refractivity contribution in [2.45, 2.75) is 31.6 Å². The van der Waals surface area contributed by atoms with Gasteiger partial charge in [-0.3, -0.25) is 4.79 Å². The van der Waals surface area contributed by atoms with Gasteiger partial charge < -0.3 is 10.1 Å². The molecule has 1 fully saturated rings. The van der Waals surface area contributed by atoms with Gasteiger partial charge >= 0.3 is 0 Å². The zero-order chi connectivity index (χ0) is 17.7. The van der Waals surface area contributed by atoms with Crippen LogP contribution in [0.4, 0.5) is 0 Å². The number of hydrogen-bond donors (Lipinski definition) is 1. The van der Waals surface area contributed by atoms with Gasteiger partial charge in [-0.05, 0) is 43.0 Å². The highest BCUT2D eigenvalue weighted by atomic mass is 32.2. The third kappa shape index (κ3) is 4.48. The number of piperidine rings is 1. The molecule has 0 saturated carbocycles. The summed E-state index contributed by atoms with van der Waals surface area (Å²) in [5.41, 5.74) is 0. The number of nitrogens with zero attached hydrogens (tertiary/aromatic N) is 1. The fraction of sp³-hybridized carbons (Fsp3) is 0.588. The maximum atomic E-state index is 12.7. The summed E-state index contributed by atoms with van der Waals surface area (Å²) < 4.78 is 31.8. The molecule has 0 atom stereocenters. The second kappa shape index (κ2) is 7.98. The van der Waals surface area contributed by atoms with E-state index in [1.54, 1.807) is 31.4 Å². The second-order valence-electron chi connectivity index (χ2n) is 6.49. The Labute approximate surface area is 144 Å². The number of carbonyl (C=O) groups excluding carboxylic acids is 1. The first-order valence-corrected chi connectivity index (χ1v) is 9.70. The molecule has 1 saturated heterocycles. The number of rotatable bonds is 6. The van der Waals surface area contributed by atoms with Crippen LogP contribution in [0.3, 0.4) is 0 Å². The summed E-state index contributed by atoms with van der Waals surface area (Å²) in [5.74, 6) is 0.954. The molecule has 1 N–H and O–H groups in total. The lowest BCUT2D eigenvalue weighted by Crippen LogP contribution is -2.43. The van der Waals surface area contributed by atoms with E-state index in [2.05, 4.69) is 5.32 Å². The molecule has 134 valence electrons. The number of methoxy groups -OCH3 is 1. The monoisotopic (exact) mass is 354 g/mol. The Morgan fingerprint density at radius 3 is 2.33 bits per heavy atom. The number of hydrogen-bond acceptors (Lipinski definition) is 4. The van der Waals surface area contributed by atoms with Gasteiger partial charge in [0.25, 0.3) is 0 Å². The quantitative estimate of drug-likeness (QED) is 0.846. The van der Waals surface area contributed by atoms with Gasteiger partial charge in [0.05, 0.1) is 12.0 Å². The highest BCUT2D eigenvalue weighted by Gasteiger charge is 2.32. The van der Waals surface area contributed by atoms with Crippen LogP contribution >= 0.6 is 0 Å². The highest BCUT2D eigenvalue weighted by Crippen LogP contribution is 2.25. The minimum Gasteiger partial charge on any atom is -0.497 e. The molecule has 1 aromatic carbocycles. The van der Waals surface area contributed by atoms with Crippen molar-refractivity contribution in [3.05, 3.63) is 24.3 Å². The van der Waals surface area contributed by atoms with Crippen LogP contribution in [-0.4, -0.2) is 45.4 Å². The van der Waals surface area contributed by atoms with Crippen molar-refractivity contribution in [2.24, 2.45) is 11.8 Å². The van der Waals surface area contributed by atoms with E-state index in [4.69, 9.17) is 4.74 Å². The molecule has 0 spiro atoms. The average molecular weight is 354 g/mol. The van der Waals surface area contributed by atoms with Crippen molar-refractivity contribution in [3.8, 4) is 5.75 Å². The molecule has 0 radical (unpaired) electrons. The van der Waals surface area contributed by atoms with E-state index < -0.39 is 10.0 Å². The first-order valence-electron chi connectivity index (χ1n) is 8.26. The van der Waals surface area contributed by atoms with E-state index in [0.717, 1.165) is 0 Å². The predicted molar refractivity (Wildman–Crippen MR) is 92.3 cm³/mol. The van der Waals surface area contributed by atoms with Crippen LogP contribution in [0, 0.1) is 11.8 Å². The minimum absolute atomic E-state index is 0.0326. The van der Waals surface area contributed by atoms with Gasteiger partial charge in [0.1, 0.15) is 5.75 Å². The SMILES string of the molecule is COc1ccc(S(=O)(=O)N2CCC(C(=O)NCC(C)C)CC2)cc1. The smallest absolute Gasteiger partial charge is 0.243 e. The molecule has 1 aliphatic rings. The standard InChI is InChI=1S/C17H26N2O4S/c1-13(2)12-18-17(20)14-8-10-19(11-9-14)24(21,22)16-6-4-15(23-3)5-7-16/h4-7,13-14H,8-12H2,1-3H3,(H,18,20). The van der Waals surface area contributed by atoms with Crippen LogP contribution in [0.1, 0.15) is 26.7 Å². The summed E-state index contributed by atoms with van der Waals surface area (Å²) in [7, 11) is -1.98. The Morgan fingerprint density at radius 1 is 1.25 bits per heavy atom. The number of amides is 1. The molecule has 24 heavy (non-hydrogen) atoms. The number of carbonyl (C=O) groups is 1. The van der Waals surface area contributed by atoms with Gasteiger partial charge in [0, 0.05) is 25.6 Å². The van der Waals surface area contributed by atoms with Gasteiger partial charge in [-0.1, -0.05) is 13.8 Å². The normalized spacial score (nSPS) is 17.0. The number of sulfonamides is 1. The van der Waals surface area contributed by atoms with Crippen LogP contribution < -0.4 is 10.1 Å². The van der Waals surface area contributed by atoms with Crippen molar-refractivity contribution in [1.82, 2.24) is 9.62 Å². The third-order valence-electron chi connectivity index (χ3n) is 4.21. The lowest BCUT2D eigenvalue weighted by Gasteiger charge is -2.30. The largest absolute Gasteiger partial charge is 0.497 e. The van der Waals surface area contributed by atoms with Gasteiger partial charge in [0.15, 0.2) is 0 Å². The van der Waals surface area contributed by atoms with Crippen LogP contribution in [0.5, 0.6) is 5.75 Å². The summed E-state index contributed by atoms with van der Waals surface area (Å²) >= 11 is 0. The molecule has 1 heterocycles. The van der Waals surface area contributed by atoms with Gasteiger partial charge in [-0.2, -0.15) is 4.31 Å². The molecule has 2 rings (SSSR count). The number of nitrogens with one attached hydrogen (secondary N) is 1. The molecular formula is C17H26N2O4S. The number of benzene rings is 1. The second-order valence-corrected chi connectivity index (χ2v) is 8.43. The van der Waals surface area contributed by atoms with E-state index in [0.29, 0.717) is 44.1 Å². The van der Waals surface area contributed by atoms with Crippen LogP contribution in [0.15, 0.2) is 29.2 Å². The predicted octanol–water partition coefficient (Wildman–Crippen LogP) is 1.87. The topological polar surface area (TPSA) is 75.7 Å². The summed E-state index contributed by atoms with van der Waals surface area (Å²) in [6.07, 6.45) is 1.11. The zero-order valence-corrected chi connectivity index (χ0v) is 15.3. The van der Waals surface area contributed by atoms with Gasteiger partial charge in [-0.25, -0.2) is 8.42 Å². The Balaban J connectivity index is 1.96. The molecule has 0 unspecified atom stereocenters. The molecule has 0 bridgehead atoms. The summed E-state index contributed by atoms with van der Waals surface area (Å²) in [4.78, 5) is 12.4. The maximum absolute atomic E-state index is 12.7. The Morgan fingerprint density at radius 2 is 1.83 bits per heavy atom. The fourth-order valence-corrected chi connectivity index (χ4v) is 4.17. The lowest BCUT2D eigenvalue weighted by atomic mass is 9.97. The van der Waals surface area contributed by atoms with Crippen LogP contribution in [0.25, 0.3) is 0 Å². The first-order chi connectivity index (χ1) is 11.3. The Hall–Kier alpha value is -1.60. The molecule has 0 aliphatic carbocycles. The average Bonchev–Trinajstić information content (AvgIpc) is 2.59. The molecule has 1 aliphatic heterocycles. The van der Waals surface area contributed by atoms with E-state index in [1.807, 2.05) is 13.8 Å². The Kier molecular flexibility index (Phi) is 6.23. The summed E-state index contributed by atoms with van der Waals surface area (Å²) in [6.45, 7) is 5.49. The van der Waals surface area contributed by atoms with Crippen molar-refractivity contribution in [1.29, 1.82) is 0 Å². The zero-order valence-electron chi connectivity index (χ0n) is 14.5. The van der Waals surface area contributed by atoms with Crippen molar-refractivity contribution in [2.75, 3.05) is 26.7 Å². The first kappa shape index (κ1) is 18.7. The fourth-order valence-electron chi connectivity index (χ4n) is 2.70. The van der Waals surface area contributed by atoms with E-state index in [9.17, 15) is 13.2 Å². The van der Waals surface area contributed by atoms with E-state index in [-0.39, 0.29) is 16.7 Å². The summed E-state index contributed by atoms with van der Waals surface area (Å²) in [6, 6.07) is 6.38. The molecular weight excluding hydrogens is 328 g/mol.